The molecule has 148 valence electrons. The van der Waals surface area contributed by atoms with Gasteiger partial charge in [0.2, 0.25) is 5.91 Å². The first-order chi connectivity index (χ1) is 14.0. The fourth-order valence-corrected chi connectivity index (χ4v) is 3.60. The summed E-state index contributed by atoms with van der Waals surface area (Å²) in [7, 11) is 0. The molecule has 4 rings (SSSR count). The van der Waals surface area contributed by atoms with E-state index in [4.69, 9.17) is 0 Å². The highest BCUT2D eigenvalue weighted by Gasteiger charge is 2.31. The van der Waals surface area contributed by atoms with Gasteiger partial charge in [-0.3, -0.25) is 19.5 Å². The zero-order valence-electron chi connectivity index (χ0n) is 15.1. The second-order valence-electron chi connectivity index (χ2n) is 6.54. The Bertz CT molecular complexity index is 1070. The molecule has 2 aromatic carbocycles. The van der Waals surface area contributed by atoms with Gasteiger partial charge in [-0.25, -0.2) is 4.39 Å². The Morgan fingerprint density at radius 3 is 2.69 bits per heavy atom. The Labute approximate surface area is 169 Å². The molecule has 0 unspecified atom stereocenters. The van der Waals surface area contributed by atoms with Crippen molar-refractivity contribution in [2.45, 2.75) is 23.9 Å². The number of hydrogen-bond donors (Lipinski definition) is 1. The third-order valence-corrected chi connectivity index (χ3v) is 5.31. The van der Waals surface area contributed by atoms with Gasteiger partial charge in [-0.05, 0) is 31.0 Å². The molecule has 0 bridgehead atoms. The second kappa shape index (κ2) is 8.00. The molecule has 3 aromatic rings. The third kappa shape index (κ3) is 4.27. The maximum Gasteiger partial charge on any atom is 0.271 e. The lowest BCUT2D eigenvalue weighted by Gasteiger charge is -2.10. The zero-order chi connectivity index (χ0) is 20.4. The Morgan fingerprint density at radius 2 is 2.00 bits per heavy atom. The Morgan fingerprint density at radius 1 is 1.24 bits per heavy atom. The third-order valence-electron chi connectivity index (χ3n) is 4.38. The topological polar surface area (TPSA) is 103 Å². The van der Waals surface area contributed by atoms with Crippen LogP contribution in [0.15, 0.2) is 53.7 Å². The molecule has 0 spiro atoms. The molecule has 29 heavy (non-hydrogen) atoms. The van der Waals surface area contributed by atoms with Gasteiger partial charge in [0.15, 0.2) is 5.16 Å². The van der Waals surface area contributed by atoms with Crippen molar-refractivity contribution in [3.63, 3.8) is 0 Å². The minimum Gasteiger partial charge on any atom is -0.323 e. The highest BCUT2D eigenvalue weighted by atomic mass is 32.2. The normalized spacial score (nSPS) is 13.3. The molecule has 0 aliphatic heterocycles. The van der Waals surface area contributed by atoms with Crippen LogP contribution >= 0.6 is 11.8 Å². The lowest BCUT2D eigenvalue weighted by molar-refractivity contribution is -0.384. The summed E-state index contributed by atoms with van der Waals surface area (Å²) in [6.07, 6.45) is 2.12. The van der Waals surface area contributed by atoms with Crippen LogP contribution in [0, 0.1) is 15.9 Å². The Kier molecular flexibility index (Phi) is 5.26. The number of amides is 1. The summed E-state index contributed by atoms with van der Waals surface area (Å²) in [4.78, 5) is 22.5. The number of nitro benzene ring substituents is 1. The van der Waals surface area contributed by atoms with E-state index < -0.39 is 16.6 Å². The van der Waals surface area contributed by atoms with Crippen LogP contribution < -0.4 is 5.32 Å². The van der Waals surface area contributed by atoms with Gasteiger partial charge in [-0.1, -0.05) is 30.0 Å². The molecule has 1 heterocycles. The number of benzene rings is 2. The molecule has 1 amide bonds. The highest BCUT2D eigenvalue weighted by molar-refractivity contribution is 7.99. The number of rotatable bonds is 7. The van der Waals surface area contributed by atoms with Crippen LogP contribution in [0.4, 0.5) is 15.8 Å². The van der Waals surface area contributed by atoms with Crippen molar-refractivity contribution in [3.8, 4) is 5.69 Å². The molecule has 1 fully saturated rings. The van der Waals surface area contributed by atoms with E-state index in [0.717, 1.165) is 42.6 Å². The van der Waals surface area contributed by atoms with E-state index in [2.05, 4.69) is 15.5 Å². The molecular weight excluding hydrogens is 397 g/mol. The number of carbonyl (C=O) groups excluding carboxylic acids is 1. The number of nitro groups is 1. The molecule has 0 saturated heterocycles. The van der Waals surface area contributed by atoms with Gasteiger partial charge in [-0.15, -0.1) is 10.2 Å². The molecule has 1 saturated carbocycles. The molecule has 8 nitrogen and oxygen atoms in total. The van der Waals surface area contributed by atoms with Gasteiger partial charge in [-0.2, -0.15) is 0 Å². The number of halogens is 1. The number of aromatic nitrogens is 3. The predicted octanol–water partition coefficient (Wildman–Crippen LogP) is 3.92. The average molecular weight is 413 g/mol. The summed E-state index contributed by atoms with van der Waals surface area (Å²) in [5.74, 6) is -0.0475. The molecule has 1 N–H and O–H groups in total. The summed E-state index contributed by atoms with van der Waals surface area (Å²) in [5, 5.41) is 22.3. The van der Waals surface area contributed by atoms with E-state index in [1.54, 1.807) is 0 Å². The number of thioether (sulfide) groups is 1. The number of nitrogens with zero attached hydrogens (tertiary/aromatic N) is 4. The van der Waals surface area contributed by atoms with Gasteiger partial charge in [0, 0.05) is 23.7 Å². The van der Waals surface area contributed by atoms with Gasteiger partial charge in [0.25, 0.3) is 5.69 Å². The smallest absolute Gasteiger partial charge is 0.271 e. The van der Waals surface area contributed by atoms with Crippen molar-refractivity contribution >= 4 is 29.0 Å². The predicted molar refractivity (Wildman–Crippen MR) is 106 cm³/mol. The van der Waals surface area contributed by atoms with E-state index >= 15 is 0 Å². The number of carbonyl (C=O) groups is 1. The summed E-state index contributed by atoms with van der Waals surface area (Å²) in [6, 6.07) is 12.6. The fraction of sp³-hybridized carbons (Fsp3) is 0.211. The lowest BCUT2D eigenvalue weighted by Crippen LogP contribution is -2.15. The van der Waals surface area contributed by atoms with Crippen molar-refractivity contribution in [3.05, 3.63) is 70.3 Å². The van der Waals surface area contributed by atoms with Crippen LogP contribution in [-0.2, 0) is 4.79 Å². The van der Waals surface area contributed by atoms with E-state index in [0.29, 0.717) is 11.1 Å². The van der Waals surface area contributed by atoms with E-state index in [9.17, 15) is 19.3 Å². The lowest BCUT2D eigenvalue weighted by atomic mass is 10.2. The maximum absolute atomic E-state index is 13.9. The number of hydrogen-bond acceptors (Lipinski definition) is 6. The first-order valence-corrected chi connectivity index (χ1v) is 9.89. The minimum atomic E-state index is -0.738. The summed E-state index contributed by atoms with van der Waals surface area (Å²) in [5.41, 5.74) is 0.382. The molecule has 10 heteroatoms. The first-order valence-electron chi connectivity index (χ1n) is 8.90. The van der Waals surface area contributed by atoms with Crippen LogP contribution in [0.5, 0.6) is 0 Å². The molecule has 0 radical (unpaired) electrons. The largest absolute Gasteiger partial charge is 0.323 e. The summed E-state index contributed by atoms with van der Waals surface area (Å²) >= 11 is 1.17. The molecule has 1 aliphatic rings. The first kappa shape index (κ1) is 19.1. The SMILES string of the molecule is O=C(CSc1nnc(C2CC2)n1-c1ccccc1)Nc1cc([N+](=O)[O-])ccc1F. The van der Waals surface area contributed by atoms with Crippen LogP contribution in [0.25, 0.3) is 5.69 Å². The second-order valence-corrected chi connectivity index (χ2v) is 7.49. The zero-order valence-corrected chi connectivity index (χ0v) is 15.9. The van der Waals surface area contributed by atoms with Crippen molar-refractivity contribution in [2.24, 2.45) is 0 Å². The van der Waals surface area contributed by atoms with Gasteiger partial charge in [0.1, 0.15) is 11.6 Å². The minimum absolute atomic E-state index is 0.0439. The number of nitrogens with one attached hydrogen (secondary N) is 1. The van der Waals surface area contributed by atoms with Crippen molar-refractivity contribution in [2.75, 3.05) is 11.1 Å². The van der Waals surface area contributed by atoms with Gasteiger partial charge in [0.05, 0.1) is 16.4 Å². The van der Waals surface area contributed by atoms with Crippen LogP contribution in [0.1, 0.15) is 24.6 Å². The van der Waals surface area contributed by atoms with Crippen LogP contribution in [0.3, 0.4) is 0 Å². The molecule has 0 atom stereocenters. The standard InChI is InChI=1S/C19H16FN5O3S/c20-15-9-8-14(25(27)28)10-16(15)21-17(26)11-29-19-23-22-18(12-6-7-12)24(19)13-4-2-1-3-5-13/h1-5,8-10,12H,6-7,11H2,(H,21,26). The fourth-order valence-electron chi connectivity index (χ4n) is 2.84. The number of anilines is 1. The molecule has 1 aliphatic carbocycles. The Balaban J connectivity index is 1.49. The maximum atomic E-state index is 13.9. The van der Waals surface area contributed by atoms with E-state index in [-0.39, 0.29) is 17.1 Å². The van der Waals surface area contributed by atoms with Gasteiger partial charge < -0.3 is 5.32 Å². The van der Waals surface area contributed by atoms with Crippen molar-refractivity contribution < 1.29 is 14.1 Å². The van der Waals surface area contributed by atoms with Gasteiger partial charge >= 0.3 is 0 Å². The van der Waals surface area contributed by atoms with Crippen LogP contribution in [-0.4, -0.2) is 31.3 Å². The van der Waals surface area contributed by atoms with E-state index in [1.807, 2.05) is 34.9 Å². The average Bonchev–Trinajstić information content (AvgIpc) is 3.48. The van der Waals surface area contributed by atoms with Crippen LogP contribution in [0.2, 0.25) is 0 Å². The molecular formula is C19H16FN5O3S. The number of para-hydroxylation sites is 1. The number of non-ortho nitro benzene ring substituents is 1. The molecule has 1 aromatic heterocycles. The summed E-state index contributed by atoms with van der Waals surface area (Å²) in [6.45, 7) is 0. The van der Waals surface area contributed by atoms with Crippen molar-refractivity contribution in [1.82, 2.24) is 14.8 Å². The summed E-state index contributed by atoms with van der Waals surface area (Å²) < 4.78 is 15.8. The van der Waals surface area contributed by atoms with E-state index in [1.165, 1.54) is 11.8 Å². The highest BCUT2D eigenvalue weighted by Crippen LogP contribution is 2.41. The van der Waals surface area contributed by atoms with Crippen molar-refractivity contribution in [1.29, 1.82) is 0 Å². The Hall–Kier alpha value is -3.27. The monoisotopic (exact) mass is 413 g/mol. The quantitative estimate of drug-likeness (QED) is 0.358.